The van der Waals surface area contributed by atoms with Gasteiger partial charge in [-0.05, 0) is 59.2 Å². The number of pyridine rings is 1. The molecule has 0 saturated heterocycles. The van der Waals surface area contributed by atoms with Crippen LogP contribution in [-0.2, 0) is 5.21 Å². The minimum absolute atomic E-state index is 0.316. The van der Waals surface area contributed by atoms with E-state index in [0.29, 0.717) is 5.92 Å². The Bertz CT molecular complexity index is 1430. The van der Waals surface area contributed by atoms with Crippen LogP contribution in [0.2, 0.25) is 0 Å². The Balaban J connectivity index is 1.47. The third-order valence-corrected chi connectivity index (χ3v) is 6.92. The van der Waals surface area contributed by atoms with Gasteiger partial charge in [0.1, 0.15) is 11.2 Å². The molecule has 4 radical (unpaired) electrons. The van der Waals surface area contributed by atoms with Gasteiger partial charge in [-0.3, -0.25) is 4.98 Å². The fourth-order valence-electron chi connectivity index (χ4n) is 5.12. The van der Waals surface area contributed by atoms with Crippen molar-refractivity contribution in [2.24, 2.45) is 5.92 Å². The summed E-state index contributed by atoms with van der Waals surface area (Å²) >= 11 is 0. The predicted octanol–water partition coefficient (Wildman–Crippen LogP) is 6.48. The van der Waals surface area contributed by atoms with Gasteiger partial charge >= 0.3 is 0 Å². The summed E-state index contributed by atoms with van der Waals surface area (Å²) in [5, 5.41) is 3.77. The summed E-state index contributed by atoms with van der Waals surface area (Å²) in [6.45, 7) is 0. The fourth-order valence-corrected chi connectivity index (χ4v) is 5.12. The standard InChI is InChI=1S/C27H21B2NO/c28-27(29,20-7-3-4-8-20)21-11-12-30-24(16-21)19-9-10-25-22(14-19)23-13-17-5-1-2-6-18(17)15-26(23)31-25/h1-2,5-6,9-16,20H,3-4,7-8H2. The van der Waals surface area contributed by atoms with Crippen LogP contribution in [-0.4, -0.2) is 20.7 Å². The molecular formula is C27H21B2NO. The van der Waals surface area contributed by atoms with Crippen LogP contribution in [0.4, 0.5) is 0 Å². The quantitative estimate of drug-likeness (QED) is 0.326. The van der Waals surface area contributed by atoms with Gasteiger partial charge in [-0.25, -0.2) is 0 Å². The van der Waals surface area contributed by atoms with Crippen molar-refractivity contribution in [2.75, 3.05) is 0 Å². The third kappa shape index (κ3) is 3.08. The van der Waals surface area contributed by atoms with Crippen LogP contribution in [0.3, 0.4) is 0 Å². The summed E-state index contributed by atoms with van der Waals surface area (Å²) in [5.74, 6) is 0.316. The van der Waals surface area contributed by atoms with Crippen molar-refractivity contribution in [1.82, 2.24) is 4.98 Å². The maximum atomic E-state index is 6.63. The Labute approximate surface area is 184 Å². The SMILES string of the molecule is [B]C([B])(c1ccnc(-c2ccc3oc4cc5ccccc5cc4c3c2)c1)C1CCCC1. The molecule has 1 fully saturated rings. The molecule has 6 rings (SSSR count). The first kappa shape index (κ1) is 18.7. The largest absolute Gasteiger partial charge is 0.456 e. The van der Waals surface area contributed by atoms with Crippen molar-refractivity contribution in [3.63, 3.8) is 0 Å². The lowest BCUT2D eigenvalue weighted by molar-refractivity contribution is 0.486. The van der Waals surface area contributed by atoms with E-state index in [4.69, 9.17) is 20.1 Å². The maximum Gasteiger partial charge on any atom is 0.136 e. The highest BCUT2D eigenvalue weighted by Crippen LogP contribution is 2.39. The van der Waals surface area contributed by atoms with E-state index in [0.717, 1.165) is 51.6 Å². The molecule has 0 N–H and O–H groups in total. The second-order valence-corrected chi connectivity index (χ2v) is 8.85. The zero-order valence-electron chi connectivity index (χ0n) is 17.3. The second-order valence-electron chi connectivity index (χ2n) is 8.85. The van der Waals surface area contributed by atoms with Crippen LogP contribution in [0.1, 0.15) is 31.2 Å². The molecule has 1 saturated carbocycles. The number of furan rings is 1. The molecule has 0 amide bonds. The Kier molecular flexibility index (Phi) is 4.24. The predicted molar refractivity (Wildman–Crippen MR) is 130 cm³/mol. The molecule has 2 nitrogen and oxygen atoms in total. The molecule has 1 aliphatic carbocycles. The van der Waals surface area contributed by atoms with E-state index < -0.39 is 5.21 Å². The first-order valence-electron chi connectivity index (χ1n) is 11.0. The summed E-state index contributed by atoms with van der Waals surface area (Å²) < 4.78 is 6.14. The highest BCUT2D eigenvalue weighted by molar-refractivity contribution is 6.40. The summed E-state index contributed by atoms with van der Waals surface area (Å²) in [7, 11) is 13.3. The lowest BCUT2D eigenvalue weighted by atomic mass is 9.45. The summed E-state index contributed by atoms with van der Waals surface area (Å²) in [4.78, 5) is 4.63. The van der Waals surface area contributed by atoms with Crippen LogP contribution >= 0.6 is 0 Å². The number of rotatable bonds is 3. The van der Waals surface area contributed by atoms with Crippen molar-refractivity contribution >= 4 is 48.4 Å². The molecule has 31 heavy (non-hydrogen) atoms. The lowest BCUT2D eigenvalue weighted by Crippen LogP contribution is -2.35. The van der Waals surface area contributed by atoms with Gasteiger partial charge in [0.25, 0.3) is 0 Å². The Morgan fingerprint density at radius 3 is 2.35 bits per heavy atom. The normalized spacial score (nSPS) is 15.4. The van der Waals surface area contributed by atoms with E-state index in [-0.39, 0.29) is 0 Å². The van der Waals surface area contributed by atoms with Gasteiger partial charge in [-0.1, -0.05) is 60.7 Å². The van der Waals surface area contributed by atoms with Crippen LogP contribution in [0, 0.1) is 5.92 Å². The number of nitrogens with zero attached hydrogens (tertiary/aromatic N) is 1. The Hall–Kier alpha value is -3.00. The molecule has 2 aromatic heterocycles. The van der Waals surface area contributed by atoms with E-state index in [9.17, 15) is 0 Å². The highest BCUT2D eigenvalue weighted by atomic mass is 16.3. The van der Waals surface area contributed by atoms with Crippen molar-refractivity contribution < 1.29 is 4.42 Å². The molecule has 146 valence electrons. The highest BCUT2D eigenvalue weighted by Gasteiger charge is 2.32. The Morgan fingerprint density at radius 2 is 1.55 bits per heavy atom. The van der Waals surface area contributed by atoms with Crippen LogP contribution in [0.25, 0.3) is 44.0 Å². The number of hydrogen-bond donors (Lipinski definition) is 0. The molecule has 5 aromatic rings. The molecule has 0 atom stereocenters. The average Bonchev–Trinajstić information content (AvgIpc) is 3.46. The minimum Gasteiger partial charge on any atom is -0.456 e. The van der Waals surface area contributed by atoms with Gasteiger partial charge in [0.2, 0.25) is 0 Å². The summed E-state index contributed by atoms with van der Waals surface area (Å²) in [5.41, 5.74) is 4.65. The first-order chi connectivity index (χ1) is 15.1. The minimum atomic E-state index is -0.820. The molecular weight excluding hydrogens is 376 g/mol. The first-order valence-corrected chi connectivity index (χ1v) is 11.0. The molecule has 0 bridgehead atoms. The molecule has 2 heterocycles. The number of benzene rings is 3. The molecule has 0 spiro atoms. The van der Waals surface area contributed by atoms with Gasteiger partial charge in [0.15, 0.2) is 0 Å². The molecule has 4 heteroatoms. The molecule has 0 aliphatic heterocycles. The average molecular weight is 397 g/mol. The number of hydrogen-bond acceptors (Lipinski definition) is 2. The number of aromatic nitrogens is 1. The molecule has 3 aromatic carbocycles. The fraction of sp³-hybridized carbons (Fsp3) is 0.222. The lowest BCUT2D eigenvalue weighted by Gasteiger charge is -2.33. The van der Waals surface area contributed by atoms with Gasteiger partial charge in [-0.15, -0.1) is 0 Å². The van der Waals surface area contributed by atoms with Crippen molar-refractivity contribution in [2.45, 2.75) is 30.9 Å². The molecule has 1 aliphatic rings. The zero-order chi connectivity index (χ0) is 21.0. The molecule has 0 unspecified atom stereocenters. The van der Waals surface area contributed by atoms with Crippen molar-refractivity contribution in [3.05, 3.63) is 78.5 Å². The Morgan fingerprint density at radius 1 is 0.806 bits per heavy atom. The van der Waals surface area contributed by atoms with E-state index in [1.165, 1.54) is 23.6 Å². The van der Waals surface area contributed by atoms with E-state index in [2.05, 4.69) is 53.5 Å². The van der Waals surface area contributed by atoms with Gasteiger partial charge in [0.05, 0.1) is 21.4 Å². The van der Waals surface area contributed by atoms with Gasteiger partial charge < -0.3 is 4.42 Å². The van der Waals surface area contributed by atoms with Gasteiger partial charge in [0, 0.05) is 22.5 Å². The zero-order valence-corrected chi connectivity index (χ0v) is 17.3. The van der Waals surface area contributed by atoms with Crippen LogP contribution in [0.5, 0.6) is 0 Å². The van der Waals surface area contributed by atoms with Crippen LogP contribution in [0.15, 0.2) is 77.3 Å². The van der Waals surface area contributed by atoms with E-state index in [1.807, 2.05) is 24.4 Å². The van der Waals surface area contributed by atoms with Crippen molar-refractivity contribution in [1.29, 1.82) is 0 Å². The maximum absolute atomic E-state index is 6.63. The smallest absolute Gasteiger partial charge is 0.136 e. The number of fused-ring (bicyclic) bond motifs is 4. The van der Waals surface area contributed by atoms with Crippen LogP contribution < -0.4 is 0 Å². The monoisotopic (exact) mass is 397 g/mol. The van der Waals surface area contributed by atoms with Crippen molar-refractivity contribution in [3.8, 4) is 11.3 Å². The van der Waals surface area contributed by atoms with E-state index >= 15 is 0 Å². The second kappa shape index (κ2) is 7.02. The van der Waals surface area contributed by atoms with Gasteiger partial charge in [-0.2, -0.15) is 0 Å². The summed E-state index contributed by atoms with van der Waals surface area (Å²) in [6, 6.07) is 22.9. The topological polar surface area (TPSA) is 26.0 Å². The summed E-state index contributed by atoms with van der Waals surface area (Å²) in [6.07, 6.45) is 6.41. The van der Waals surface area contributed by atoms with E-state index in [1.54, 1.807) is 0 Å². The third-order valence-electron chi connectivity index (χ3n) is 6.92.